The van der Waals surface area contributed by atoms with Gasteiger partial charge in [0.1, 0.15) is 0 Å². The highest BCUT2D eigenvalue weighted by Gasteiger charge is 2.13. The molecule has 1 aromatic rings. The van der Waals surface area contributed by atoms with Gasteiger partial charge in [-0.1, -0.05) is 29.8 Å². The standard InChI is InChI=1S/C11H10N2O/c1-8-2-4-9(5-3-8)6-10-7-12-13-11(10)14/h2-5,7H,6H2,1H3. The van der Waals surface area contributed by atoms with Crippen LogP contribution >= 0.6 is 0 Å². The molecule has 3 heteroatoms. The number of rotatable bonds is 2. The summed E-state index contributed by atoms with van der Waals surface area (Å²) in [5.41, 5.74) is 2.99. The molecule has 0 N–H and O–H groups in total. The van der Waals surface area contributed by atoms with Gasteiger partial charge in [-0.25, -0.2) is 0 Å². The maximum atomic E-state index is 11.1. The van der Waals surface area contributed by atoms with Crippen molar-refractivity contribution in [3.63, 3.8) is 0 Å². The minimum Gasteiger partial charge on any atom is -0.265 e. The normalized spacial score (nSPS) is 14.6. The van der Waals surface area contributed by atoms with E-state index in [0.29, 0.717) is 12.0 Å². The molecule has 0 saturated heterocycles. The van der Waals surface area contributed by atoms with E-state index in [0.717, 1.165) is 5.56 Å². The van der Waals surface area contributed by atoms with E-state index < -0.39 is 0 Å². The third kappa shape index (κ3) is 1.76. The van der Waals surface area contributed by atoms with Gasteiger partial charge in [-0.2, -0.15) is 5.11 Å². The Kier molecular flexibility index (Phi) is 2.23. The molecule has 0 unspecified atom stereocenters. The fourth-order valence-corrected chi connectivity index (χ4v) is 1.32. The highest BCUT2D eigenvalue weighted by atomic mass is 16.2. The first-order chi connectivity index (χ1) is 6.75. The average Bonchev–Trinajstić information content (AvgIpc) is 2.56. The first-order valence-electron chi connectivity index (χ1n) is 4.45. The van der Waals surface area contributed by atoms with Crippen LogP contribution < -0.4 is 0 Å². The van der Waals surface area contributed by atoms with Gasteiger partial charge < -0.3 is 0 Å². The zero-order chi connectivity index (χ0) is 9.97. The molecule has 2 rings (SSSR count). The maximum absolute atomic E-state index is 11.1. The summed E-state index contributed by atoms with van der Waals surface area (Å²) < 4.78 is 0. The summed E-state index contributed by atoms with van der Waals surface area (Å²) in [4.78, 5) is 11.1. The van der Waals surface area contributed by atoms with Crippen LogP contribution in [0.1, 0.15) is 11.1 Å². The number of hydrogen-bond acceptors (Lipinski definition) is 2. The zero-order valence-corrected chi connectivity index (χ0v) is 7.90. The molecule has 70 valence electrons. The molecule has 0 fully saturated rings. The SMILES string of the molecule is Cc1ccc(CC2=CN=NC2=O)cc1. The Hall–Kier alpha value is -1.77. The Morgan fingerprint density at radius 3 is 2.50 bits per heavy atom. The van der Waals surface area contributed by atoms with E-state index in [2.05, 4.69) is 10.2 Å². The van der Waals surface area contributed by atoms with Crippen LogP contribution in [-0.2, 0) is 11.2 Å². The molecule has 0 spiro atoms. The summed E-state index contributed by atoms with van der Waals surface area (Å²) in [7, 11) is 0. The lowest BCUT2D eigenvalue weighted by Crippen LogP contribution is -1.98. The van der Waals surface area contributed by atoms with Gasteiger partial charge in [-0.05, 0) is 12.5 Å². The minimum atomic E-state index is -0.217. The van der Waals surface area contributed by atoms with Gasteiger partial charge in [-0.15, -0.1) is 5.11 Å². The van der Waals surface area contributed by atoms with Crippen molar-refractivity contribution in [2.45, 2.75) is 13.3 Å². The average molecular weight is 186 g/mol. The number of hydrogen-bond donors (Lipinski definition) is 0. The second-order valence-electron chi connectivity index (χ2n) is 3.34. The molecule has 0 aromatic heterocycles. The zero-order valence-electron chi connectivity index (χ0n) is 7.90. The Labute approximate surface area is 82.2 Å². The number of benzene rings is 1. The molecule has 0 aliphatic carbocycles. The molecule has 14 heavy (non-hydrogen) atoms. The fraction of sp³-hybridized carbons (Fsp3) is 0.182. The molecular weight excluding hydrogens is 176 g/mol. The van der Waals surface area contributed by atoms with Crippen molar-refractivity contribution in [1.29, 1.82) is 0 Å². The van der Waals surface area contributed by atoms with Crippen LogP contribution in [0.25, 0.3) is 0 Å². The van der Waals surface area contributed by atoms with Gasteiger partial charge in [0.05, 0.1) is 6.20 Å². The Balaban J connectivity index is 2.12. The fourth-order valence-electron chi connectivity index (χ4n) is 1.32. The summed E-state index contributed by atoms with van der Waals surface area (Å²) in [6.45, 7) is 2.04. The van der Waals surface area contributed by atoms with Gasteiger partial charge in [0.2, 0.25) is 0 Å². The number of amides is 1. The summed E-state index contributed by atoms with van der Waals surface area (Å²) in [5, 5.41) is 7.00. The molecule has 1 heterocycles. The van der Waals surface area contributed by atoms with E-state index in [-0.39, 0.29) is 5.91 Å². The van der Waals surface area contributed by atoms with Gasteiger partial charge >= 0.3 is 0 Å². The van der Waals surface area contributed by atoms with Crippen LogP contribution in [0.15, 0.2) is 46.3 Å². The second-order valence-corrected chi connectivity index (χ2v) is 3.34. The van der Waals surface area contributed by atoms with Gasteiger partial charge in [0.25, 0.3) is 5.91 Å². The largest absolute Gasteiger partial charge is 0.293 e. The van der Waals surface area contributed by atoms with Crippen molar-refractivity contribution in [2.24, 2.45) is 10.2 Å². The second kappa shape index (κ2) is 3.54. The number of aryl methyl sites for hydroxylation is 1. The molecule has 0 saturated carbocycles. The number of carbonyl (C=O) groups excluding carboxylic acids is 1. The highest BCUT2D eigenvalue weighted by molar-refractivity contribution is 5.95. The molecule has 0 bridgehead atoms. The van der Waals surface area contributed by atoms with Gasteiger partial charge in [-0.3, -0.25) is 4.79 Å². The molecule has 0 atom stereocenters. The molecule has 1 aromatic carbocycles. The van der Waals surface area contributed by atoms with Crippen molar-refractivity contribution in [2.75, 3.05) is 0 Å². The summed E-state index contributed by atoms with van der Waals surface area (Å²) in [5.74, 6) is -0.217. The lowest BCUT2D eigenvalue weighted by atomic mass is 10.0. The Morgan fingerprint density at radius 1 is 1.21 bits per heavy atom. The van der Waals surface area contributed by atoms with E-state index in [9.17, 15) is 4.79 Å². The van der Waals surface area contributed by atoms with Crippen LogP contribution in [0, 0.1) is 6.92 Å². The van der Waals surface area contributed by atoms with Crippen molar-refractivity contribution in [3.05, 3.63) is 47.2 Å². The molecule has 0 radical (unpaired) electrons. The summed E-state index contributed by atoms with van der Waals surface area (Å²) in [6.07, 6.45) is 2.15. The lowest BCUT2D eigenvalue weighted by Gasteiger charge is -2.00. The first kappa shape index (κ1) is 8.81. The van der Waals surface area contributed by atoms with Crippen LogP contribution in [0.3, 0.4) is 0 Å². The predicted molar refractivity (Wildman–Crippen MR) is 52.8 cm³/mol. The van der Waals surface area contributed by atoms with E-state index >= 15 is 0 Å². The number of carbonyl (C=O) groups is 1. The van der Waals surface area contributed by atoms with Crippen molar-refractivity contribution in [3.8, 4) is 0 Å². The van der Waals surface area contributed by atoms with Crippen LogP contribution in [-0.4, -0.2) is 5.91 Å². The number of nitrogens with zero attached hydrogens (tertiary/aromatic N) is 2. The van der Waals surface area contributed by atoms with Crippen LogP contribution in [0.5, 0.6) is 0 Å². The summed E-state index contributed by atoms with van der Waals surface area (Å²) >= 11 is 0. The molecule has 1 aliphatic rings. The van der Waals surface area contributed by atoms with E-state index in [4.69, 9.17) is 0 Å². The van der Waals surface area contributed by atoms with E-state index in [1.807, 2.05) is 31.2 Å². The highest BCUT2D eigenvalue weighted by Crippen LogP contribution is 2.14. The van der Waals surface area contributed by atoms with Crippen LogP contribution in [0.4, 0.5) is 0 Å². The monoisotopic (exact) mass is 186 g/mol. The molecule has 1 amide bonds. The lowest BCUT2D eigenvalue weighted by molar-refractivity contribution is -0.114. The summed E-state index contributed by atoms with van der Waals surface area (Å²) in [6, 6.07) is 8.09. The van der Waals surface area contributed by atoms with Crippen molar-refractivity contribution >= 4 is 5.91 Å². The van der Waals surface area contributed by atoms with Gasteiger partial charge in [0.15, 0.2) is 0 Å². The molecule has 1 aliphatic heterocycles. The van der Waals surface area contributed by atoms with Crippen molar-refractivity contribution < 1.29 is 4.79 Å². The number of azo groups is 1. The predicted octanol–water partition coefficient (Wildman–Crippen LogP) is 2.41. The first-order valence-corrected chi connectivity index (χ1v) is 4.45. The van der Waals surface area contributed by atoms with E-state index in [1.165, 1.54) is 11.8 Å². The van der Waals surface area contributed by atoms with E-state index in [1.54, 1.807) is 0 Å². The maximum Gasteiger partial charge on any atom is 0.293 e. The third-order valence-electron chi connectivity index (χ3n) is 2.15. The topological polar surface area (TPSA) is 41.8 Å². The van der Waals surface area contributed by atoms with Crippen LogP contribution in [0.2, 0.25) is 0 Å². The minimum absolute atomic E-state index is 0.217. The quantitative estimate of drug-likeness (QED) is 0.699. The van der Waals surface area contributed by atoms with Gasteiger partial charge in [0, 0.05) is 12.0 Å². The Bertz CT molecular complexity index is 415. The van der Waals surface area contributed by atoms with Crippen molar-refractivity contribution in [1.82, 2.24) is 0 Å². The molecule has 3 nitrogen and oxygen atoms in total. The molecular formula is C11H10N2O. The Morgan fingerprint density at radius 2 is 1.93 bits per heavy atom. The third-order valence-corrected chi connectivity index (χ3v) is 2.15. The smallest absolute Gasteiger partial charge is 0.265 e.